The molecule has 0 amide bonds. The van der Waals surface area contributed by atoms with Crippen LogP contribution < -0.4 is 0 Å². The van der Waals surface area contributed by atoms with Crippen LogP contribution in [-0.2, 0) is 5.41 Å². The van der Waals surface area contributed by atoms with Crippen LogP contribution in [-0.4, -0.2) is 4.57 Å². The Labute approximate surface area is 663 Å². The van der Waals surface area contributed by atoms with E-state index in [4.69, 9.17) is 0 Å². The number of fused-ring (bicyclic) bond motifs is 17. The molecular formula is C105H93F4NS2. The lowest BCUT2D eigenvalue weighted by atomic mass is 9.81. The van der Waals surface area contributed by atoms with Crippen LogP contribution in [0.5, 0.6) is 0 Å². The minimum absolute atomic E-state index is 0.142. The molecule has 558 valence electrons. The van der Waals surface area contributed by atoms with Crippen molar-refractivity contribution < 1.29 is 17.6 Å². The summed E-state index contributed by atoms with van der Waals surface area (Å²) in [6.07, 6.45) is 0. The Morgan fingerprint density at radius 3 is 0.830 bits per heavy atom. The van der Waals surface area contributed by atoms with Gasteiger partial charge in [0.2, 0.25) is 0 Å². The van der Waals surface area contributed by atoms with Gasteiger partial charge >= 0.3 is 0 Å². The maximum Gasteiger partial charge on any atom is 0.165 e. The van der Waals surface area contributed by atoms with E-state index < -0.39 is 34.4 Å². The Hall–Kier alpha value is -11.5. The minimum Gasteiger partial charge on any atom is -0.309 e. The van der Waals surface area contributed by atoms with Gasteiger partial charge in [-0.25, -0.2) is 17.6 Å². The molecule has 0 saturated carbocycles. The van der Waals surface area contributed by atoms with Crippen LogP contribution in [0, 0.1) is 120 Å². The van der Waals surface area contributed by atoms with Crippen molar-refractivity contribution in [2.75, 3.05) is 0 Å². The average Bonchev–Trinajstić information content (AvgIpc) is 1.55. The number of hydrogen-bond donors (Lipinski definition) is 0. The van der Waals surface area contributed by atoms with Crippen molar-refractivity contribution in [2.45, 2.75) is 116 Å². The molecule has 0 spiro atoms. The van der Waals surface area contributed by atoms with Crippen molar-refractivity contribution in [1.29, 1.82) is 0 Å². The lowest BCUT2D eigenvalue weighted by molar-refractivity contribution is 0.436. The van der Waals surface area contributed by atoms with Crippen molar-refractivity contribution in [3.05, 3.63) is 385 Å². The molecule has 0 bridgehead atoms. The Balaban J connectivity index is 0.000000109. The molecule has 0 aliphatic heterocycles. The number of benzene rings is 16. The van der Waals surface area contributed by atoms with Gasteiger partial charge in [0.15, 0.2) is 23.3 Å². The Morgan fingerprint density at radius 1 is 0.232 bits per heavy atom. The number of halogens is 4. The van der Waals surface area contributed by atoms with Crippen molar-refractivity contribution in [1.82, 2.24) is 4.57 Å². The van der Waals surface area contributed by atoms with Gasteiger partial charge in [0.05, 0.1) is 11.0 Å². The van der Waals surface area contributed by atoms with Gasteiger partial charge in [0.1, 0.15) is 0 Å². The Bertz CT molecular complexity index is 6200. The van der Waals surface area contributed by atoms with E-state index in [1.807, 2.05) is 22.7 Å². The van der Waals surface area contributed by atoms with E-state index >= 15 is 0 Å². The fourth-order valence-corrected chi connectivity index (χ4v) is 18.4. The predicted octanol–water partition coefficient (Wildman–Crippen LogP) is 31.4. The first kappa shape index (κ1) is 77.3. The standard InChI is InChI=1S/C20H17N.C17H18.2C16H14.2C14H12S.C8H6F4/c1-14-8-10-19-17(12-14)18-13-15(2)9-11-20(18)21(19)16-6-4-3-5-7-16;1-11-5-7-13-14-8-6-12(2)10-16(14)17(3,4)15(13)9-11;1-11-3-7-15-13(9-11)5-6-14-10-12(2)4-8-16(14)15;1-11-13-7-3-5-9-15(13)12(2)16-10-6-4-8-14(11)16;2*1-9-3-5-11-12-6-4-10(2)8-14(12)15-13(11)7-9;1-3-5(9)7(11)4(2)8(12)6(3)10/h3-13H,1-2H3;5-10H,1-4H3;2*3-10H,1-2H3;2*3-8H,1-2H3;1-2H3. The molecule has 3 aromatic heterocycles. The third-order valence-electron chi connectivity index (χ3n) is 22.0. The molecule has 3 heterocycles. The Morgan fingerprint density at radius 2 is 0.500 bits per heavy atom. The van der Waals surface area contributed by atoms with Crippen molar-refractivity contribution in [3.63, 3.8) is 0 Å². The van der Waals surface area contributed by atoms with E-state index in [1.165, 1.54) is 200 Å². The number of aryl methyl sites for hydroxylation is 12. The summed E-state index contributed by atoms with van der Waals surface area (Å²) in [6, 6.07) is 99.5. The minimum atomic E-state index is -1.33. The second-order valence-corrected chi connectivity index (χ2v) is 33.2. The molecule has 19 aromatic rings. The van der Waals surface area contributed by atoms with Crippen molar-refractivity contribution in [3.8, 4) is 16.8 Å². The second-order valence-electron chi connectivity index (χ2n) is 31.0. The topological polar surface area (TPSA) is 4.93 Å². The first-order chi connectivity index (χ1) is 53.7. The summed E-state index contributed by atoms with van der Waals surface area (Å²) in [5.41, 5.74) is 24.5. The fourth-order valence-electron chi connectivity index (χ4n) is 15.8. The summed E-state index contributed by atoms with van der Waals surface area (Å²) in [5, 5.41) is 19.1. The number of rotatable bonds is 1. The first-order valence-electron chi connectivity index (χ1n) is 38.3. The summed E-state index contributed by atoms with van der Waals surface area (Å²) in [4.78, 5) is 0. The lowest BCUT2D eigenvalue weighted by Gasteiger charge is -2.22. The number of thiophene rings is 2. The highest BCUT2D eigenvalue weighted by molar-refractivity contribution is 7.26. The largest absolute Gasteiger partial charge is 0.309 e. The smallest absolute Gasteiger partial charge is 0.165 e. The van der Waals surface area contributed by atoms with E-state index in [0.29, 0.717) is 0 Å². The van der Waals surface area contributed by atoms with Gasteiger partial charge in [0.25, 0.3) is 0 Å². The summed E-state index contributed by atoms with van der Waals surface area (Å²) in [7, 11) is 0. The maximum absolute atomic E-state index is 12.7. The van der Waals surface area contributed by atoms with Crippen LogP contribution in [0.15, 0.2) is 273 Å². The molecule has 0 radical (unpaired) electrons. The van der Waals surface area contributed by atoms with Gasteiger partial charge < -0.3 is 4.57 Å². The monoisotopic (exact) mass is 1510 g/mol. The van der Waals surface area contributed by atoms with Crippen LogP contribution in [0.4, 0.5) is 17.6 Å². The highest BCUT2D eigenvalue weighted by Gasteiger charge is 2.35. The molecule has 1 aliphatic rings. The maximum atomic E-state index is 12.7. The summed E-state index contributed by atoms with van der Waals surface area (Å²) < 4.78 is 58.5. The molecule has 0 saturated heterocycles. The molecule has 0 atom stereocenters. The van der Waals surface area contributed by atoms with Crippen LogP contribution in [0.3, 0.4) is 0 Å². The molecule has 112 heavy (non-hydrogen) atoms. The van der Waals surface area contributed by atoms with E-state index in [9.17, 15) is 17.6 Å². The zero-order valence-corrected chi connectivity index (χ0v) is 68.4. The van der Waals surface area contributed by atoms with Crippen LogP contribution in [0.2, 0.25) is 0 Å². The molecule has 1 aliphatic carbocycles. The molecule has 1 nitrogen and oxygen atoms in total. The van der Waals surface area contributed by atoms with Crippen LogP contribution in [0.25, 0.3) is 122 Å². The zero-order valence-electron chi connectivity index (χ0n) is 66.8. The lowest BCUT2D eigenvalue weighted by Crippen LogP contribution is -2.15. The van der Waals surface area contributed by atoms with Crippen molar-refractivity contribution in [2.24, 2.45) is 0 Å². The third-order valence-corrected chi connectivity index (χ3v) is 24.2. The summed E-state index contributed by atoms with van der Waals surface area (Å²) in [5.74, 6) is -5.31. The van der Waals surface area contributed by atoms with Gasteiger partial charge in [-0.05, 0) is 256 Å². The number of hydrogen-bond acceptors (Lipinski definition) is 2. The molecule has 0 N–H and O–H groups in total. The van der Waals surface area contributed by atoms with Gasteiger partial charge in [-0.2, -0.15) is 0 Å². The van der Waals surface area contributed by atoms with Gasteiger partial charge in [0, 0.05) is 73.3 Å². The van der Waals surface area contributed by atoms with Gasteiger partial charge in [-0.3, -0.25) is 0 Å². The van der Waals surface area contributed by atoms with Crippen LogP contribution >= 0.6 is 22.7 Å². The molecule has 20 rings (SSSR count). The second kappa shape index (κ2) is 32.1. The predicted molar refractivity (Wildman–Crippen MR) is 479 cm³/mol. The zero-order chi connectivity index (χ0) is 79.1. The third kappa shape index (κ3) is 15.5. The molecule has 0 fully saturated rings. The molecule has 7 heteroatoms. The normalized spacial score (nSPS) is 11.8. The fraction of sp³-hybridized carbons (Fsp3) is 0.162. The van der Waals surface area contributed by atoms with E-state index in [0.717, 1.165) is 13.8 Å². The molecule has 0 unspecified atom stereocenters. The average molecular weight is 1510 g/mol. The summed E-state index contributed by atoms with van der Waals surface area (Å²) >= 11 is 3.78. The number of aromatic nitrogens is 1. The van der Waals surface area contributed by atoms with E-state index in [2.05, 4.69) is 374 Å². The van der Waals surface area contributed by atoms with Gasteiger partial charge in [-0.15, -0.1) is 22.7 Å². The molecular weight excluding hydrogens is 1420 g/mol. The Kier molecular flexibility index (Phi) is 22.1. The SMILES string of the molecule is Cc1c(F)c(F)c(C)c(F)c1F.Cc1c2ccccc2c(C)c2ccccc12.Cc1ccc2c(c1)C(C)(C)c1cc(C)ccc1-2.Cc1ccc2c(c1)c1cc(C)ccc1n2-c1ccccc1.Cc1ccc2c(c1)sc1cc(C)ccc12.Cc1ccc2c(c1)sc1cc(C)ccc12.Cc1ccc2c(ccc3cc(C)ccc32)c1. The first-order valence-corrected chi connectivity index (χ1v) is 40.0. The quantitative estimate of drug-likeness (QED) is 0.0668. The highest BCUT2D eigenvalue weighted by atomic mass is 32.1. The van der Waals surface area contributed by atoms with E-state index in [-0.39, 0.29) is 5.41 Å². The number of nitrogens with zero attached hydrogens (tertiary/aromatic N) is 1. The molecule has 16 aromatic carbocycles. The van der Waals surface area contributed by atoms with Crippen molar-refractivity contribution >= 4 is 128 Å². The van der Waals surface area contributed by atoms with Crippen LogP contribution in [0.1, 0.15) is 103 Å². The number of para-hydroxylation sites is 1. The van der Waals surface area contributed by atoms with Gasteiger partial charge in [-0.1, -0.05) is 260 Å². The van der Waals surface area contributed by atoms with E-state index in [1.54, 1.807) is 0 Å². The highest BCUT2D eigenvalue weighted by Crippen LogP contribution is 2.49. The summed E-state index contributed by atoms with van der Waals surface area (Å²) in [6.45, 7) is 32.6.